The lowest BCUT2D eigenvalue weighted by molar-refractivity contribution is -0.129. The van der Waals surface area contributed by atoms with Gasteiger partial charge in [0.1, 0.15) is 5.82 Å². The Hall–Kier alpha value is -2.34. The van der Waals surface area contributed by atoms with E-state index in [1.54, 1.807) is 13.1 Å². The Morgan fingerprint density at radius 1 is 1.20 bits per heavy atom. The second kappa shape index (κ2) is 7.27. The minimum Gasteiger partial charge on any atom is -0.353 e. The lowest BCUT2D eigenvalue weighted by atomic mass is 10.1. The molecule has 1 aromatic heterocycles. The van der Waals surface area contributed by atoms with Gasteiger partial charge < -0.3 is 15.1 Å². The molecule has 0 atom stereocenters. The number of rotatable bonds is 3. The van der Waals surface area contributed by atoms with Gasteiger partial charge in [-0.1, -0.05) is 17.7 Å². The molecule has 1 saturated heterocycles. The van der Waals surface area contributed by atoms with Crippen molar-refractivity contribution in [3.8, 4) is 0 Å². The van der Waals surface area contributed by atoms with E-state index >= 15 is 0 Å². The molecule has 0 aliphatic carbocycles. The highest BCUT2D eigenvalue weighted by molar-refractivity contribution is 6.33. The standard InChI is InChI=1S/C18H22ClN5O/c1-12-10-13(2)17(15(19)11-12)22-18-20-5-4-16(21-18)24-8-6-23(7-9-24)14(3)25/h4-5,10-11H,6-9H2,1-3H3,(H,20,21,22). The van der Waals surface area contributed by atoms with Crippen LogP contribution >= 0.6 is 11.6 Å². The number of aryl methyl sites for hydroxylation is 2. The van der Waals surface area contributed by atoms with Crippen LogP contribution in [-0.2, 0) is 4.79 Å². The first-order chi connectivity index (χ1) is 11.9. The van der Waals surface area contributed by atoms with Crippen LogP contribution in [0.2, 0.25) is 5.02 Å². The molecule has 0 saturated carbocycles. The van der Waals surface area contributed by atoms with E-state index < -0.39 is 0 Å². The molecule has 2 aromatic rings. The molecule has 0 spiro atoms. The minimum atomic E-state index is 0.120. The Kier molecular flexibility index (Phi) is 5.08. The highest BCUT2D eigenvalue weighted by Crippen LogP contribution is 2.29. The van der Waals surface area contributed by atoms with Crippen molar-refractivity contribution in [2.24, 2.45) is 0 Å². The lowest BCUT2D eigenvalue weighted by Crippen LogP contribution is -2.48. The number of amides is 1. The second-order valence-corrected chi connectivity index (χ2v) is 6.70. The fraction of sp³-hybridized carbons (Fsp3) is 0.389. The van der Waals surface area contributed by atoms with Crippen LogP contribution in [0.3, 0.4) is 0 Å². The summed E-state index contributed by atoms with van der Waals surface area (Å²) in [5.74, 6) is 1.48. The molecule has 1 fully saturated rings. The van der Waals surface area contributed by atoms with Crippen molar-refractivity contribution in [2.75, 3.05) is 36.4 Å². The highest BCUT2D eigenvalue weighted by Gasteiger charge is 2.20. The number of halogens is 1. The largest absolute Gasteiger partial charge is 0.353 e. The fourth-order valence-electron chi connectivity index (χ4n) is 3.02. The van der Waals surface area contributed by atoms with E-state index in [1.807, 2.05) is 30.9 Å². The average molecular weight is 360 g/mol. The van der Waals surface area contributed by atoms with Crippen LogP contribution in [0.5, 0.6) is 0 Å². The van der Waals surface area contributed by atoms with Crippen molar-refractivity contribution in [2.45, 2.75) is 20.8 Å². The van der Waals surface area contributed by atoms with Gasteiger partial charge >= 0.3 is 0 Å². The Balaban J connectivity index is 1.76. The molecule has 2 heterocycles. The topological polar surface area (TPSA) is 61.4 Å². The van der Waals surface area contributed by atoms with Gasteiger partial charge in [0.25, 0.3) is 0 Å². The smallest absolute Gasteiger partial charge is 0.229 e. The SMILES string of the molecule is CC(=O)N1CCN(c2ccnc(Nc3c(C)cc(C)cc3Cl)n2)CC1. The van der Waals surface area contributed by atoms with E-state index in [4.69, 9.17) is 11.6 Å². The zero-order chi connectivity index (χ0) is 18.0. The first kappa shape index (κ1) is 17.5. The number of nitrogens with zero attached hydrogens (tertiary/aromatic N) is 4. The van der Waals surface area contributed by atoms with E-state index in [9.17, 15) is 4.79 Å². The summed E-state index contributed by atoms with van der Waals surface area (Å²) in [7, 11) is 0. The summed E-state index contributed by atoms with van der Waals surface area (Å²) in [6.45, 7) is 8.58. The Labute approximate surface area is 152 Å². The summed E-state index contributed by atoms with van der Waals surface area (Å²) in [5.41, 5.74) is 2.99. The lowest BCUT2D eigenvalue weighted by Gasteiger charge is -2.34. The third kappa shape index (κ3) is 4.02. The summed E-state index contributed by atoms with van der Waals surface area (Å²) in [6, 6.07) is 5.87. The fourth-order valence-corrected chi connectivity index (χ4v) is 3.39. The van der Waals surface area contributed by atoms with Crippen LogP contribution in [0.15, 0.2) is 24.4 Å². The summed E-state index contributed by atoms with van der Waals surface area (Å²) in [4.78, 5) is 24.4. The van der Waals surface area contributed by atoms with E-state index in [1.165, 1.54) is 0 Å². The molecule has 1 aromatic carbocycles. The molecule has 1 N–H and O–H groups in total. The molecule has 1 aliphatic heterocycles. The predicted molar refractivity (Wildman–Crippen MR) is 101 cm³/mol. The third-order valence-corrected chi connectivity index (χ3v) is 4.66. The maximum absolute atomic E-state index is 11.4. The number of piperazine rings is 1. The van der Waals surface area contributed by atoms with Gasteiger partial charge in [0.2, 0.25) is 11.9 Å². The molecule has 0 bridgehead atoms. The monoisotopic (exact) mass is 359 g/mol. The van der Waals surface area contributed by atoms with Gasteiger partial charge in [0, 0.05) is 39.3 Å². The molecule has 0 radical (unpaired) electrons. The molecule has 132 valence electrons. The van der Waals surface area contributed by atoms with Gasteiger partial charge in [-0.3, -0.25) is 4.79 Å². The Morgan fingerprint density at radius 3 is 2.56 bits per heavy atom. The molecule has 3 rings (SSSR count). The van der Waals surface area contributed by atoms with Gasteiger partial charge in [0.05, 0.1) is 10.7 Å². The molecule has 1 amide bonds. The van der Waals surface area contributed by atoms with E-state index in [0.717, 1.165) is 35.7 Å². The van der Waals surface area contributed by atoms with Crippen LogP contribution in [0.1, 0.15) is 18.1 Å². The minimum absolute atomic E-state index is 0.120. The van der Waals surface area contributed by atoms with Crippen molar-refractivity contribution in [3.63, 3.8) is 0 Å². The Bertz CT molecular complexity index is 764. The van der Waals surface area contributed by atoms with E-state index in [2.05, 4.69) is 26.3 Å². The van der Waals surface area contributed by atoms with Crippen molar-refractivity contribution in [3.05, 3.63) is 40.5 Å². The maximum Gasteiger partial charge on any atom is 0.229 e. The van der Waals surface area contributed by atoms with Crippen LogP contribution in [0.4, 0.5) is 17.5 Å². The second-order valence-electron chi connectivity index (χ2n) is 6.30. The molecule has 0 unspecified atom stereocenters. The zero-order valence-electron chi connectivity index (χ0n) is 14.7. The summed E-state index contributed by atoms with van der Waals surface area (Å²) >= 11 is 6.35. The molecule has 6 nitrogen and oxygen atoms in total. The van der Waals surface area contributed by atoms with Gasteiger partial charge in [0.15, 0.2) is 0 Å². The number of aromatic nitrogens is 2. The van der Waals surface area contributed by atoms with Gasteiger partial charge in [-0.05, 0) is 37.1 Å². The Morgan fingerprint density at radius 2 is 1.92 bits per heavy atom. The number of nitrogens with one attached hydrogen (secondary N) is 1. The molecule has 7 heteroatoms. The van der Waals surface area contributed by atoms with Crippen LogP contribution in [0, 0.1) is 13.8 Å². The number of hydrogen-bond acceptors (Lipinski definition) is 5. The quantitative estimate of drug-likeness (QED) is 0.912. The summed E-state index contributed by atoms with van der Waals surface area (Å²) < 4.78 is 0. The van der Waals surface area contributed by atoms with Gasteiger partial charge in [-0.2, -0.15) is 4.98 Å². The number of anilines is 3. The van der Waals surface area contributed by atoms with Crippen molar-refractivity contribution in [1.82, 2.24) is 14.9 Å². The summed E-state index contributed by atoms with van der Waals surface area (Å²) in [5, 5.41) is 3.88. The van der Waals surface area contributed by atoms with Crippen LogP contribution < -0.4 is 10.2 Å². The van der Waals surface area contributed by atoms with Gasteiger partial charge in [-0.25, -0.2) is 4.98 Å². The third-order valence-electron chi connectivity index (χ3n) is 4.36. The van der Waals surface area contributed by atoms with Crippen molar-refractivity contribution < 1.29 is 4.79 Å². The predicted octanol–water partition coefficient (Wildman–Crippen LogP) is 3.16. The molecule has 1 aliphatic rings. The van der Waals surface area contributed by atoms with Crippen molar-refractivity contribution in [1.29, 1.82) is 0 Å². The first-order valence-corrected chi connectivity index (χ1v) is 8.69. The normalized spacial score (nSPS) is 14.6. The van der Waals surface area contributed by atoms with Crippen molar-refractivity contribution >= 4 is 35.0 Å². The maximum atomic E-state index is 11.4. The average Bonchev–Trinajstić information content (AvgIpc) is 2.58. The molecular weight excluding hydrogens is 338 g/mol. The number of carbonyl (C=O) groups excluding carboxylic acids is 1. The van der Waals surface area contributed by atoms with Crippen LogP contribution in [0.25, 0.3) is 0 Å². The van der Waals surface area contributed by atoms with Gasteiger partial charge in [-0.15, -0.1) is 0 Å². The molecular formula is C18H22ClN5O. The number of hydrogen-bond donors (Lipinski definition) is 1. The number of carbonyl (C=O) groups is 1. The number of benzene rings is 1. The summed E-state index contributed by atoms with van der Waals surface area (Å²) in [6.07, 6.45) is 1.74. The first-order valence-electron chi connectivity index (χ1n) is 8.31. The molecule has 25 heavy (non-hydrogen) atoms. The van der Waals surface area contributed by atoms with E-state index in [0.29, 0.717) is 24.1 Å². The zero-order valence-corrected chi connectivity index (χ0v) is 15.5. The highest BCUT2D eigenvalue weighted by atomic mass is 35.5. The van der Waals surface area contributed by atoms with Crippen LogP contribution in [-0.4, -0.2) is 47.0 Å². The van der Waals surface area contributed by atoms with E-state index in [-0.39, 0.29) is 5.91 Å².